The summed E-state index contributed by atoms with van der Waals surface area (Å²) in [5, 5.41) is 3.52. The number of nitrogens with zero attached hydrogens (tertiary/aromatic N) is 2. The van der Waals surface area contributed by atoms with Crippen LogP contribution in [0, 0.1) is 0 Å². The fourth-order valence-corrected chi connectivity index (χ4v) is 6.26. The summed E-state index contributed by atoms with van der Waals surface area (Å²) in [5.74, 6) is 0.220. The van der Waals surface area contributed by atoms with Crippen LogP contribution in [0.3, 0.4) is 0 Å². The number of methoxy groups -OCH3 is 1. The Morgan fingerprint density at radius 3 is 3.00 bits per heavy atom. The van der Waals surface area contributed by atoms with Gasteiger partial charge in [0.1, 0.15) is 10.7 Å². The van der Waals surface area contributed by atoms with Crippen LogP contribution in [-0.4, -0.2) is 53.3 Å². The van der Waals surface area contributed by atoms with E-state index in [4.69, 9.17) is 14.7 Å². The van der Waals surface area contributed by atoms with Crippen molar-refractivity contribution in [2.24, 2.45) is 9.98 Å². The van der Waals surface area contributed by atoms with Gasteiger partial charge in [0.05, 0.1) is 12.1 Å². The number of allylic oxidation sites excluding steroid dienone is 3. The van der Waals surface area contributed by atoms with E-state index in [9.17, 15) is 4.79 Å². The lowest BCUT2D eigenvalue weighted by molar-refractivity contribution is -0.114. The molecule has 5 nitrogen and oxygen atoms in total. The number of aliphatic imine (C=N–C) groups is 2. The Morgan fingerprint density at radius 1 is 1.34 bits per heavy atom. The Balaban J connectivity index is 1.49. The number of thioether (sulfide) groups is 1. The Labute approximate surface area is 178 Å². The van der Waals surface area contributed by atoms with Gasteiger partial charge in [-0.3, -0.25) is 20.1 Å². The third-order valence-electron chi connectivity index (χ3n) is 6.40. The molecule has 2 aliphatic heterocycles. The van der Waals surface area contributed by atoms with Crippen molar-refractivity contribution in [2.75, 3.05) is 7.11 Å². The largest absolute Gasteiger partial charge is 0.381 e. The van der Waals surface area contributed by atoms with Crippen molar-refractivity contribution in [2.45, 2.75) is 94.1 Å². The molecular formula is C23H33N3O2S. The maximum Gasteiger partial charge on any atom is 0.180 e. The highest BCUT2D eigenvalue weighted by molar-refractivity contribution is 8.02. The summed E-state index contributed by atoms with van der Waals surface area (Å²) < 4.78 is 5.57. The second kappa shape index (κ2) is 9.27. The number of hydrogen-bond acceptors (Lipinski definition) is 6. The number of rotatable bonds is 7. The van der Waals surface area contributed by atoms with E-state index in [1.165, 1.54) is 6.42 Å². The first-order chi connectivity index (χ1) is 14.1. The zero-order valence-electron chi connectivity index (χ0n) is 17.8. The second-order valence-corrected chi connectivity index (χ2v) is 9.70. The molecule has 6 heteroatoms. The number of ether oxygens (including phenoxy) is 1. The molecule has 29 heavy (non-hydrogen) atoms. The van der Waals surface area contributed by atoms with Gasteiger partial charge in [-0.2, -0.15) is 0 Å². The molecule has 0 aromatic rings. The average molecular weight is 416 g/mol. The smallest absolute Gasteiger partial charge is 0.180 e. The lowest BCUT2D eigenvalue weighted by Gasteiger charge is -2.30. The molecule has 158 valence electrons. The van der Waals surface area contributed by atoms with Gasteiger partial charge in [-0.15, -0.1) is 11.8 Å². The van der Waals surface area contributed by atoms with E-state index >= 15 is 0 Å². The quantitative estimate of drug-likeness (QED) is 0.676. The van der Waals surface area contributed by atoms with Crippen molar-refractivity contribution in [3.05, 3.63) is 23.3 Å². The van der Waals surface area contributed by atoms with Crippen LogP contribution < -0.4 is 5.32 Å². The third kappa shape index (κ3) is 4.44. The van der Waals surface area contributed by atoms with E-state index in [1.54, 1.807) is 18.9 Å². The minimum absolute atomic E-state index is 0.0318. The van der Waals surface area contributed by atoms with E-state index in [0.29, 0.717) is 12.1 Å². The Kier molecular flexibility index (Phi) is 6.72. The standard InChI is InChI=1S/C23H33N3O2S/c1-4-8-19-22(21(27)20-14(2)24-18-12-6-5-11-17(18)20)29-23(26-19)25-15-9-7-10-16(13-15)28-3/h5,11,14-16,22-23,25H,4,6-10,12-13H2,1-3H3. The van der Waals surface area contributed by atoms with E-state index in [1.807, 2.05) is 0 Å². The van der Waals surface area contributed by atoms with Gasteiger partial charge >= 0.3 is 0 Å². The topological polar surface area (TPSA) is 63.1 Å². The molecule has 1 saturated carbocycles. The zero-order chi connectivity index (χ0) is 20.4. The summed E-state index contributed by atoms with van der Waals surface area (Å²) in [5.41, 5.74) is 4.11. The highest BCUT2D eigenvalue weighted by Crippen LogP contribution is 2.36. The van der Waals surface area contributed by atoms with Crippen molar-refractivity contribution in [3.63, 3.8) is 0 Å². The molecule has 0 aromatic heterocycles. The van der Waals surface area contributed by atoms with Gasteiger partial charge in [0, 0.05) is 35.7 Å². The van der Waals surface area contributed by atoms with Crippen LogP contribution in [0.2, 0.25) is 0 Å². The number of ketones is 1. The molecule has 0 radical (unpaired) electrons. The highest BCUT2D eigenvalue weighted by Gasteiger charge is 2.40. The van der Waals surface area contributed by atoms with Crippen LogP contribution >= 0.6 is 11.8 Å². The van der Waals surface area contributed by atoms with Crippen molar-refractivity contribution >= 4 is 29.0 Å². The zero-order valence-corrected chi connectivity index (χ0v) is 18.6. The van der Waals surface area contributed by atoms with E-state index in [2.05, 4.69) is 31.3 Å². The SMILES string of the molecule is CCCC1=NC(NC2CCCC(OC)C2)SC1C(=O)C1=C2C=CCCC2=NC1C. The van der Waals surface area contributed by atoms with Crippen LogP contribution in [0.15, 0.2) is 33.3 Å². The Hall–Kier alpha value is -1.24. The van der Waals surface area contributed by atoms with Crippen molar-refractivity contribution in [1.29, 1.82) is 0 Å². The van der Waals surface area contributed by atoms with Gasteiger partial charge in [-0.05, 0) is 51.9 Å². The van der Waals surface area contributed by atoms with Crippen LogP contribution in [0.1, 0.15) is 65.2 Å². The summed E-state index contributed by atoms with van der Waals surface area (Å²) in [7, 11) is 1.80. The summed E-state index contributed by atoms with van der Waals surface area (Å²) in [6.07, 6.45) is 13.0. The molecule has 1 fully saturated rings. The van der Waals surface area contributed by atoms with E-state index < -0.39 is 0 Å². The first-order valence-corrected chi connectivity index (χ1v) is 12.1. The second-order valence-electron chi connectivity index (χ2n) is 8.51. The molecule has 1 N–H and O–H groups in total. The maximum atomic E-state index is 13.6. The van der Waals surface area contributed by atoms with Gasteiger partial charge in [-0.1, -0.05) is 25.5 Å². The monoisotopic (exact) mass is 415 g/mol. The van der Waals surface area contributed by atoms with Crippen LogP contribution in [0.25, 0.3) is 0 Å². The molecule has 5 atom stereocenters. The van der Waals surface area contributed by atoms with Crippen molar-refractivity contribution in [1.82, 2.24) is 5.32 Å². The number of fused-ring (bicyclic) bond motifs is 1. The molecule has 0 bridgehead atoms. The van der Waals surface area contributed by atoms with Gasteiger partial charge < -0.3 is 4.74 Å². The van der Waals surface area contributed by atoms with Gasteiger partial charge in [0.25, 0.3) is 0 Å². The molecule has 5 unspecified atom stereocenters. The highest BCUT2D eigenvalue weighted by atomic mass is 32.2. The first kappa shape index (κ1) is 21.0. The fourth-order valence-electron chi connectivity index (χ4n) is 4.94. The number of nitrogens with one attached hydrogen (secondary N) is 1. The summed E-state index contributed by atoms with van der Waals surface area (Å²) in [4.78, 5) is 23.4. The molecule has 0 saturated heterocycles. The fraction of sp³-hybridized carbons (Fsp3) is 0.696. The predicted octanol–water partition coefficient (Wildman–Crippen LogP) is 4.23. The molecule has 0 amide bonds. The van der Waals surface area contributed by atoms with E-state index in [0.717, 1.165) is 67.5 Å². The molecule has 2 heterocycles. The van der Waals surface area contributed by atoms with Gasteiger partial charge in [0.2, 0.25) is 0 Å². The average Bonchev–Trinajstić information content (AvgIpc) is 3.27. The molecule has 4 aliphatic rings. The van der Waals surface area contributed by atoms with E-state index in [-0.39, 0.29) is 22.6 Å². The predicted molar refractivity (Wildman–Crippen MR) is 121 cm³/mol. The summed E-state index contributed by atoms with van der Waals surface area (Å²) in [6, 6.07) is 0.377. The number of hydrogen-bond donors (Lipinski definition) is 1. The number of carbonyl (C=O) groups excluding carboxylic acids is 1. The summed E-state index contributed by atoms with van der Waals surface area (Å²) >= 11 is 1.68. The van der Waals surface area contributed by atoms with Crippen LogP contribution in [0.5, 0.6) is 0 Å². The minimum atomic E-state index is -0.177. The van der Waals surface area contributed by atoms with Gasteiger partial charge in [0.15, 0.2) is 5.78 Å². The number of carbonyl (C=O) groups is 1. The van der Waals surface area contributed by atoms with Crippen molar-refractivity contribution < 1.29 is 9.53 Å². The molecular weight excluding hydrogens is 382 g/mol. The van der Waals surface area contributed by atoms with Crippen LogP contribution in [0.4, 0.5) is 0 Å². The van der Waals surface area contributed by atoms with Gasteiger partial charge in [-0.25, -0.2) is 0 Å². The summed E-state index contributed by atoms with van der Waals surface area (Å²) in [6.45, 7) is 4.21. The molecule has 4 rings (SSSR count). The number of Topliss-reactive ketones (excluding diaryl/α,β-unsaturated/α-hetero) is 1. The third-order valence-corrected chi connectivity index (χ3v) is 7.66. The molecule has 0 spiro atoms. The normalized spacial score (nSPS) is 34.2. The first-order valence-electron chi connectivity index (χ1n) is 11.1. The molecule has 2 aliphatic carbocycles. The maximum absolute atomic E-state index is 13.6. The minimum Gasteiger partial charge on any atom is -0.381 e. The Bertz CT molecular complexity index is 770. The lowest BCUT2D eigenvalue weighted by atomic mass is 9.91. The van der Waals surface area contributed by atoms with Crippen LogP contribution in [-0.2, 0) is 9.53 Å². The molecule has 0 aromatic carbocycles. The lowest BCUT2D eigenvalue weighted by Crippen LogP contribution is -2.40. The Morgan fingerprint density at radius 2 is 2.21 bits per heavy atom. The van der Waals surface area contributed by atoms with Crippen molar-refractivity contribution in [3.8, 4) is 0 Å².